The van der Waals surface area contributed by atoms with Gasteiger partial charge in [-0.25, -0.2) is 8.42 Å². The number of aryl methyl sites for hydroxylation is 1. The molecule has 17 heavy (non-hydrogen) atoms. The molecule has 0 fully saturated rings. The second-order valence-corrected chi connectivity index (χ2v) is 6.31. The van der Waals surface area contributed by atoms with E-state index in [0.29, 0.717) is 6.54 Å². The van der Waals surface area contributed by atoms with Gasteiger partial charge in [-0.15, -0.1) is 0 Å². The highest BCUT2D eigenvalue weighted by molar-refractivity contribution is 7.90. The number of aliphatic hydroxyl groups is 1. The molecular formula is C11H14N2O3S. The van der Waals surface area contributed by atoms with Crippen LogP contribution in [0.25, 0.3) is 10.9 Å². The molecule has 1 aromatic heterocycles. The van der Waals surface area contributed by atoms with E-state index in [9.17, 15) is 8.42 Å². The van der Waals surface area contributed by atoms with E-state index in [1.54, 1.807) is 16.9 Å². The van der Waals surface area contributed by atoms with E-state index < -0.39 is 9.84 Å². The number of rotatable bonds is 4. The number of sulfone groups is 1. The molecule has 0 spiro atoms. The van der Waals surface area contributed by atoms with Crippen LogP contribution in [0.15, 0.2) is 24.4 Å². The number of benzene rings is 1. The lowest BCUT2D eigenvalue weighted by molar-refractivity contribution is 0.282. The summed E-state index contributed by atoms with van der Waals surface area (Å²) in [7, 11) is -2.98. The Morgan fingerprint density at radius 2 is 2.18 bits per heavy atom. The lowest BCUT2D eigenvalue weighted by atomic mass is 10.2. The number of hydrogen-bond donors (Lipinski definition) is 1. The van der Waals surface area contributed by atoms with E-state index in [2.05, 4.69) is 5.10 Å². The molecule has 6 heteroatoms. The molecule has 1 N–H and O–H groups in total. The van der Waals surface area contributed by atoms with Crippen molar-refractivity contribution in [3.05, 3.63) is 30.0 Å². The molecule has 2 rings (SSSR count). The Bertz CT molecular complexity index is 631. The molecule has 0 radical (unpaired) electrons. The van der Waals surface area contributed by atoms with Crippen molar-refractivity contribution in [2.75, 3.05) is 12.0 Å². The van der Waals surface area contributed by atoms with Gasteiger partial charge in [-0.2, -0.15) is 5.10 Å². The smallest absolute Gasteiger partial charge is 0.149 e. The minimum Gasteiger partial charge on any atom is -0.392 e. The molecule has 0 bridgehead atoms. The van der Waals surface area contributed by atoms with Crippen LogP contribution in [-0.2, 0) is 23.0 Å². The maximum Gasteiger partial charge on any atom is 0.149 e. The average Bonchev–Trinajstić information content (AvgIpc) is 2.67. The zero-order valence-electron chi connectivity index (χ0n) is 9.50. The predicted molar refractivity (Wildman–Crippen MR) is 65.4 cm³/mol. The molecule has 92 valence electrons. The molecule has 0 amide bonds. The summed E-state index contributed by atoms with van der Waals surface area (Å²) < 4.78 is 23.8. The Labute approximate surface area is 99.6 Å². The van der Waals surface area contributed by atoms with Crippen LogP contribution in [0.2, 0.25) is 0 Å². The molecule has 0 aliphatic rings. The third-order valence-electron chi connectivity index (χ3n) is 2.56. The minimum absolute atomic E-state index is 0.00947. The molecule has 1 heterocycles. The van der Waals surface area contributed by atoms with Crippen LogP contribution in [0.1, 0.15) is 5.56 Å². The van der Waals surface area contributed by atoms with Crippen LogP contribution >= 0.6 is 0 Å². The first kappa shape index (κ1) is 12.1. The van der Waals surface area contributed by atoms with Crippen LogP contribution in [0.4, 0.5) is 0 Å². The number of aromatic nitrogens is 2. The quantitative estimate of drug-likeness (QED) is 0.866. The largest absolute Gasteiger partial charge is 0.392 e. The van der Waals surface area contributed by atoms with Crippen molar-refractivity contribution < 1.29 is 13.5 Å². The Kier molecular flexibility index (Phi) is 3.17. The first-order valence-electron chi connectivity index (χ1n) is 5.22. The minimum atomic E-state index is -2.98. The summed E-state index contributed by atoms with van der Waals surface area (Å²) in [6.07, 6.45) is 2.89. The molecular weight excluding hydrogens is 240 g/mol. The Morgan fingerprint density at radius 1 is 1.41 bits per heavy atom. The maximum atomic E-state index is 11.1. The number of nitrogens with zero attached hydrogens (tertiary/aromatic N) is 2. The topological polar surface area (TPSA) is 72.2 Å². The van der Waals surface area contributed by atoms with Gasteiger partial charge >= 0.3 is 0 Å². The zero-order chi connectivity index (χ0) is 12.5. The van der Waals surface area contributed by atoms with Gasteiger partial charge in [0.2, 0.25) is 0 Å². The van der Waals surface area contributed by atoms with Crippen molar-refractivity contribution in [1.82, 2.24) is 9.78 Å². The van der Waals surface area contributed by atoms with Gasteiger partial charge in [0.1, 0.15) is 9.84 Å². The number of hydrogen-bond acceptors (Lipinski definition) is 4. The first-order chi connectivity index (χ1) is 7.99. The molecule has 0 atom stereocenters. The normalized spacial score (nSPS) is 12.1. The van der Waals surface area contributed by atoms with E-state index in [-0.39, 0.29) is 12.4 Å². The second kappa shape index (κ2) is 4.46. The Hall–Kier alpha value is -1.40. The average molecular weight is 254 g/mol. The summed E-state index contributed by atoms with van der Waals surface area (Å²) in [5.41, 5.74) is 1.70. The van der Waals surface area contributed by atoms with Gasteiger partial charge in [0, 0.05) is 11.6 Å². The van der Waals surface area contributed by atoms with Gasteiger partial charge in [0.05, 0.1) is 30.6 Å². The van der Waals surface area contributed by atoms with Gasteiger partial charge in [0.15, 0.2) is 0 Å². The Balaban J connectivity index is 2.30. The van der Waals surface area contributed by atoms with E-state index in [4.69, 9.17) is 5.11 Å². The van der Waals surface area contributed by atoms with Gasteiger partial charge in [-0.05, 0) is 17.7 Å². The van der Waals surface area contributed by atoms with E-state index in [1.807, 2.05) is 12.1 Å². The van der Waals surface area contributed by atoms with E-state index >= 15 is 0 Å². The zero-order valence-corrected chi connectivity index (χ0v) is 10.3. The van der Waals surface area contributed by atoms with Crippen LogP contribution in [-0.4, -0.2) is 35.3 Å². The first-order valence-corrected chi connectivity index (χ1v) is 7.29. The summed E-state index contributed by atoms with van der Waals surface area (Å²) >= 11 is 0. The summed E-state index contributed by atoms with van der Waals surface area (Å²) in [4.78, 5) is 0. The molecule has 0 aliphatic heterocycles. The standard InChI is InChI=1S/C11H14N2O3S/c1-17(15,16)5-4-13-11-3-2-9(8-14)6-10(11)7-12-13/h2-3,6-7,14H,4-5,8H2,1H3. The fraction of sp³-hybridized carbons (Fsp3) is 0.364. The maximum absolute atomic E-state index is 11.1. The lowest BCUT2D eigenvalue weighted by Gasteiger charge is -2.03. The highest BCUT2D eigenvalue weighted by atomic mass is 32.2. The van der Waals surface area contributed by atoms with Crippen LogP contribution in [0.5, 0.6) is 0 Å². The third-order valence-corrected chi connectivity index (χ3v) is 3.49. The van der Waals surface area contributed by atoms with Crippen LogP contribution < -0.4 is 0 Å². The molecule has 0 aliphatic carbocycles. The van der Waals surface area contributed by atoms with Crippen LogP contribution in [0, 0.1) is 0 Å². The summed E-state index contributed by atoms with van der Waals surface area (Å²) in [5, 5.41) is 14.1. The van der Waals surface area contributed by atoms with E-state index in [1.165, 1.54) is 6.26 Å². The van der Waals surface area contributed by atoms with Crippen molar-refractivity contribution in [2.24, 2.45) is 0 Å². The Morgan fingerprint density at radius 3 is 2.82 bits per heavy atom. The highest BCUT2D eigenvalue weighted by Crippen LogP contribution is 2.15. The van der Waals surface area contributed by atoms with Crippen molar-refractivity contribution >= 4 is 20.7 Å². The summed E-state index contributed by atoms with van der Waals surface area (Å²) in [5.74, 6) is 0.0749. The van der Waals surface area contributed by atoms with Crippen molar-refractivity contribution in [3.63, 3.8) is 0 Å². The lowest BCUT2D eigenvalue weighted by Crippen LogP contribution is -2.11. The third kappa shape index (κ3) is 2.83. The molecule has 2 aromatic rings. The van der Waals surface area contributed by atoms with Gasteiger partial charge in [0.25, 0.3) is 0 Å². The second-order valence-electron chi connectivity index (χ2n) is 4.05. The summed E-state index contributed by atoms with van der Waals surface area (Å²) in [6, 6.07) is 5.50. The van der Waals surface area contributed by atoms with E-state index in [0.717, 1.165) is 16.5 Å². The monoisotopic (exact) mass is 254 g/mol. The highest BCUT2D eigenvalue weighted by Gasteiger charge is 2.07. The number of aliphatic hydroxyl groups excluding tert-OH is 1. The fourth-order valence-electron chi connectivity index (χ4n) is 1.67. The van der Waals surface area contributed by atoms with Gasteiger partial charge < -0.3 is 5.11 Å². The number of fused-ring (bicyclic) bond motifs is 1. The predicted octanol–water partition coefficient (Wildman–Crippen LogP) is 0.573. The van der Waals surface area contributed by atoms with Gasteiger partial charge in [-0.3, -0.25) is 4.68 Å². The van der Waals surface area contributed by atoms with Crippen molar-refractivity contribution in [3.8, 4) is 0 Å². The molecule has 5 nitrogen and oxygen atoms in total. The van der Waals surface area contributed by atoms with Crippen LogP contribution in [0.3, 0.4) is 0 Å². The molecule has 0 saturated heterocycles. The van der Waals surface area contributed by atoms with Crippen molar-refractivity contribution in [1.29, 1.82) is 0 Å². The molecule has 1 aromatic carbocycles. The summed E-state index contributed by atoms with van der Waals surface area (Å²) in [6.45, 7) is 0.339. The van der Waals surface area contributed by atoms with Crippen molar-refractivity contribution in [2.45, 2.75) is 13.2 Å². The fourth-order valence-corrected chi connectivity index (χ4v) is 2.17. The SMILES string of the molecule is CS(=O)(=O)CCn1ncc2cc(CO)ccc21. The van der Waals surface area contributed by atoms with Gasteiger partial charge in [-0.1, -0.05) is 6.07 Å². The molecule has 0 unspecified atom stereocenters. The molecule has 0 saturated carbocycles.